The lowest BCUT2D eigenvalue weighted by Crippen LogP contribution is -1.91. The first-order valence-corrected chi connectivity index (χ1v) is 5.81. The maximum Gasteiger partial charge on any atom is 0.158 e. The molecule has 18 heavy (non-hydrogen) atoms. The maximum atomic E-state index is 9.43. The highest BCUT2D eigenvalue weighted by Gasteiger charge is 2.06. The van der Waals surface area contributed by atoms with Crippen molar-refractivity contribution in [2.75, 3.05) is 0 Å². The summed E-state index contributed by atoms with van der Waals surface area (Å²) < 4.78 is 1.79. The monoisotopic (exact) mass is 239 g/mol. The highest BCUT2D eigenvalue weighted by molar-refractivity contribution is 5.46. The Morgan fingerprint density at radius 1 is 1.22 bits per heavy atom. The Hall–Kier alpha value is -2.36. The van der Waals surface area contributed by atoms with Crippen LogP contribution in [0.3, 0.4) is 0 Å². The van der Waals surface area contributed by atoms with Crippen molar-refractivity contribution in [2.45, 2.75) is 13.3 Å². The molecule has 0 aliphatic carbocycles. The van der Waals surface area contributed by atoms with Crippen molar-refractivity contribution >= 4 is 5.65 Å². The number of hydrogen-bond donors (Lipinski definition) is 1. The van der Waals surface area contributed by atoms with Gasteiger partial charge in [-0.3, -0.25) is 0 Å². The fourth-order valence-corrected chi connectivity index (χ4v) is 2.01. The van der Waals surface area contributed by atoms with Gasteiger partial charge in [0.25, 0.3) is 0 Å². The summed E-state index contributed by atoms with van der Waals surface area (Å²) in [6, 6.07) is 11.1. The molecule has 0 bridgehead atoms. The molecule has 4 nitrogen and oxygen atoms in total. The van der Waals surface area contributed by atoms with Crippen LogP contribution in [0.5, 0.6) is 5.75 Å². The molecule has 0 atom stereocenters. The number of fused-ring (bicyclic) bond motifs is 1. The van der Waals surface area contributed by atoms with Gasteiger partial charge in [0.1, 0.15) is 5.75 Å². The van der Waals surface area contributed by atoms with Crippen LogP contribution >= 0.6 is 0 Å². The van der Waals surface area contributed by atoms with Crippen LogP contribution in [0.25, 0.3) is 5.65 Å². The summed E-state index contributed by atoms with van der Waals surface area (Å²) in [5.74, 6) is 1.03. The minimum absolute atomic E-state index is 0.271. The molecule has 0 fully saturated rings. The molecule has 0 aliphatic heterocycles. The summed E-state index contributed by atoms with van der Waals surface area (Å²) in [5, 5.41) is 13.9. The van der Waals surface area contributed by atoms with Gasteiger partial charge in [0, 0.05) is 12.6 Å². The minimum atomic E-state index is 0.271. The molecule has 3 aromatic rings. The van der Waals surface area contributed by atoms with Crippen LogP contribution in [-0.4, -0.2) is 19.7 Å². The molecule has 0 radical (unpaired) electrons. The number of hydrogen-bond acceptors (Lipinski definition) is 3. The standard InChI is InChI=1S/C14H13N3O/c1-10-4-3-7-17-14(10)15-13(16-17)9-11-5-2-6-12(18)8-11/h2-8,18H,9H2,1H3. The first-order valence-electron chi connectivity index (χ1n) is 5.81. The fraction of sp³-hybridized carbons (Fsp3) is 0.143. The summed E-state index contributed by atoms with van der Waals surface area (Å²) in [5.41, 5.74) is 2.99. The predicted molar refractivity (Wildman–Crippen MR) is 68.6 cm³/mol. The van der Waals surface area contributed by atoms with Crippen molar-refractivity contribution < 1.29 is 5.11 Å². The quantitative estimate of drug-likeness (QED) is 0.746. The van der Waals surface area contributed by atoms with Crippen LogP contribution in [0.2, 0.25) is 0 Å². The number of rotatable bonds is 2. The number of nitrogens with zero attached hydrogens (tertiary/aromatic N) is 3. The highest BCUT2D eigenvalue weighted by Crippen LogP contribution is 2.14. The van der Waals surface area contributed by atoms with E-state index in [0.717, 1.165) is 22.6 Å². The van der Waals surface area contributed by atoms with E-state index >= 15 is 0 Å². The van der Waals surface area contributed by atoms with E-state index in [-0.39, 0.29) is 5.75 Å². The SMILES string of the molecule is Cc1cccn2nc(Cc3cccc(O)c3)nc12. The Morgan fingerprint density at radius 2 is 2.11 bits per heavy atom. The molecule has 2 aromatic heterocycles. The Balaban J connectivity index is 1.98. The molecule has 3 rings (SSSR count). The largest absolute Gasteiger partial charge is 0.508 e. The van der Waals surface area contributed by atoms with E-state index in [1.807, 2.05) is 37.4 Å². The van der Waals surface area contributed by atoms with E-state index < -0.39 is 0 Å². The molecule has 0 unspecified atom stereocenters. The molecule has 0 aliphatic rings. The van der Waals surface area contributed by atoms with Gasteiger partial charge in [-0.25, -0.2) is 9.50 Å². The number of benzene rings is 1. The van der Waals surface area contributed by atoms with Gasteiger partial charge in [0.2, 0.25) is 0 Å². The highest BCUT2D eigenvalue weighted by atomic mass is 16.3. The van der Waals surface area contributed by atoms with Gasteiger partial charge < -0.3 is 5.11 Å². The van der Waals surface area contributed by atoms with Gasteiger partial charge >= 0.3 is 0 Å². The normalized spacial score (nSPS) is 10.9. The molecule has 4 heteroatoms. The number of aryl methyl sites for hydroxylation is 1. The van der Waals surface area contributed by atoms with Gasteiger partial charge in [-0.1, -0.05) is 18.2 Å². The van der Waals surface area contributed by atoms with E-state index in [9.17, 15) is 5.11 Å². The zero-order chi connectivity index (χ0) is 12.5. The average molecular weight is 239 g/mol. The molecule has 0 amide bonds. The summed E-state index contributed by atoms with van der Waals surface area (Å²) >= 11 is 0. The zero-order valence-corrected chi connectivity index (χ0v) is 10.0. The number of aromatic nitrogens is 3. The van der Waals surface area contributed by atoms with Crippen LogP contribution < -0.4 is 0 Å². The van der Waals surface area contributed by atoms with Crippen molar-refractivity contribution in [3.63, 3.8) is 0 Å². The van der Waals surface area contributed by atoms with Crippen molar-refractivity contribution in [3.05, 3.63) is 59.5 Å². The minimum Gasteiger partial charge on any atom is -0.508 e. The molecule has 1 aromatic carbocycles. The van der Waals surface area contributed by atoms with Gasteiger partial charge in [0.05, 0.1) is 0 Å². The summed E-state index contributed by atoms with van der Waals surface area (Å²) in [6.07, 6.45) is 2.51. The van der Waals surface area contributed by atoms with Gasteiger partial charge in [-0.2, -0.15) is 5.10 Å². The molecular formula is C14H13N3O. The third-order valence-corrected chi connectivity index (χ3v) is 2.87. The third-order valence-electron chi connectivity index (χ3n) is 2.87. The van der Waals surface area contributed by atoms with Crippen LogP contribution in [0.1, 0.15) is 17.0 Å². The summed E-state index contributed by atoms with van der Waals surface area (Å²) in [4.78, 5) is 4.51. The van der Waals surface area contributed by atoms with Gasteiger partial charge in [0.15, 0.2) is 11.5 Å². The fourth-order valence-electron chi connectivity index (χ4n) is 2.01. The smallest absolute Gasteiger partial charge is 0.158 e. The van der Waals surface area contributed by atoms with E-state index in [1.54, 1.807) is 16.6 Å². The number of aromatic hydroxyl groups is 1. The third kappa shape index (κ3) is 1.93. The Labute approximate surface area is 105 Å². The second-order valence-corrected chi connectivity index (χ2v) is 4.33. The molecule has 90 valence electrons. The Kier molecular flexibility index (Phi) is 2.48. The molecule has 0 saturated heterocycles. The molecule has 0 saturated carbocycles. The zero-order valence-electron chi connectivity index (χ0n) is 10.0. The lowest BCUT2D eigenvalue weighted by molar-refractivity contribution is 0.474. The van der Waals surface area contributed by atoms with Crippen molar-refractivity contribution in [1.29, 1.82) is 0 Å². The van der Waals surface area contributed by atoms with Crippen LogP contribution in [0.4, 0.5) is 0 Å². The van der Waals surface area contributed by atoms with E-state index in [1.165, 1.54) is 0 Å². The molecule has 1 N–H and O–H groups in total. The lowest BCUT2D eigenvalue weighted by atomic mass is 10.1. The topological polar surface area (TPSA) is 50.4 Å². The lowest BCUT2D eigenvalue weighted by Gasteiger charge is -1.97. The molecule has 0 spiro atoms. The summed E-state index contributed by atoms with van der Waals surface area (Å²) in [6.45, 7) is 2.02. The van der Waals surface area contributed by atoms with E-state index in [0.29, 0.717) is 6.42 Å². The van der Waals surface area contributed by atoms with E-state index in [4.69, 9.17) is 0 Å². The first kappa shape index (κ1) is 10.8. The van der Waals surface area contributed by atoms with Crippen molar-refractivity contribution in [3.8, 4) is 5.75 Å². The average Bonchev–Trinajstić information content (AvgIpc) is 2.73. The Morgan fingerprint density at radius 3 is 2.89 bits per heavy atom. The number of pyridine rings is 1. The van der Waals surface area contributed by atoms with E-state index in [2.05, 4.69) is 10.1 Å². The second kappa shape index (κ2) is 4.14. The molecule has 2 heterocycles. The van der Waals surface area contributed by atoms with Crippen LogP contribution in [-0.2, 0) is 6.42 Å². The van der Waals surface area contributed by atoms with Crippen LogP contribution in [0, 0.1) is 6.92 Å². The van der Waals surface area contributed by atoms with Crippen molar-refractivity contribution in [2.24, 2.45) is 0 Å². The second-order valence-electron chi connectivity index (χ2n) is 4.33. The maximum absolute atomic E-state index is 9.43. The predicted octanol–water partition coefficient (Wildman–Crippen LogP) is 2.33. The molecular weight excluding hydrogens is 226 g/mol. The summed E-state index contributed by atoms with van der Waals surface area (Å²) in [7, 11) is 0. The van der Waals surface area contributed by atoms with Gasteiger partial charge in [-0.15, -0.1) is 0 Å². The van der Waals surface area contributed by atoms with Gasteiger partial charge in [-0.05, 0) is 36.2 Å². The number of phenolic OH excluding ortho intramolecular Hbond substituents is 1. The first-order chi connectivity index (χ1) is 8.72. The van der Waals surface area contributed by atoms with Crippen molar-refractivity contribution in [1.82, 2.24) is 14.6 Å². The number of phenols is 1. The van der Waals surface area contributed by atoms with Crippen LogP contribution in [0.15, 0.2) is 42.6 Å². The Bertz CT molecular complexity index is 703.